The Bertz CT molecular complexity index is 1340. The second-order valence-electron chi connectivity index (χ2n) is 11.1. The number of aliphatic hydroxyl groups is 1. The molecule has 2 saturated heterocycles. The van der Waals surface area contributed by atoms with Crippen LogP contribution in [0.5, 0.6) is 5.75 Å². The topological polar surface area (TPSA) is 129 Å². The average molecular weight is 488 g/mol. The lowest BCUT2D eigenvalue weighted by molar-refractivity contribution is -0.113. The molecule has 2 unspecified atom stereocenters. The molecule has 5 heterocycles. The number of anilines is 1. The monoisotopic (exact) mass is 487 g/mol. The van der Waals surface area contributed by atoms with Crippen molar-refractivity contribution >= 4 is 17.7 Å². The highest BCUT2D eigenvalue weighted by molar-refractivity contribution is 5.83. The zero-order chi connectivity index (χ0) is 25.1. The second-order valence-corrected chi connectivity index (χ2v) is 11.1. The number of rotatable bonds is 7. The van der Waals surface area contributed by atoms with Crippen LogP contribution in [-0.2, 0) is 4.79 Å². The number of hydrogen-bond acceptors (Lipinski definition) is 8. The summed E-state index contributed by atoms with van der Waals surface area (Å²) in [5.74, 6) is 1.99. The van der Waals surface area contributed by atoms with Crippen LogP contribution in [0.3, 0.4) is 0 Å². The molecular formula is C26H29N7O3. The SMILES string of the molecule is CC(C)(O)COc1cc(-c2cnc(N3[C@@H]4CC5C[C@H]3CC(NC=O)(C5)C4)cn2)c2c(C#N)cnn2c1. The van der Waals surface area contributed by atoms with Gasteiger partial charge in [0.1, 0.15) is 24.2 Å². The van der Waals surface area contributed by atoms with E-state index in [1.54, 1.807) is 37.0 Å². The number of piperidine rings is 2. The minimum Gasteiger partial charge on any atom is -0.489 e. The third-order valence-electron chi connectivity index (χ3n) is 7.77. The molecule has 4 fully saturated rings. The second kappa shape index (κ2) is 8.17. The van der Waals surface area contributed by atoms with E-state index in [0.29, 0.717) is 46.1 Å². The largest absolute Gasteiger partial charge is 0.489 e. The number of nitrogens with zero attached hydrogens (tertiary/aromatic N) is 6. The molecule has 2 N–H and O–H groups in total. The molecule has 36 heavy (non-hydrogen) atoms. The van der Waals surface area contributed by atoms with Gasteiger partial charge in [0.05, 0.1) is 47.2 Å². The van der Waals surface area contributed by atoms with E-state index in [0.717, 1.165) is 44.3 Å². The summed E-state index contributed by atoms with van der Waals surface area (Å²) in [7, 11) is 0. The Morgan fingerprint density at radius 1 is 1.25 bits per heavy atom. The molecule has 0 aromatic carbocycles. The van der Waals surface area contributed by atoms with Gasteiger partial charge < -0.3 is 20.1 Å². The van der Waals surface area contributed by atoms with Crippen LogP contribution in [0.4, 0.5) is 5.82 Å². The van der Waals surface area contributed by atoms with E-state index in [4.69, 9.17) is 14.7 Å². The van der Waals surface area contributed by atoms with Crippen molar-refractivity contribution in [3.05, 3.63) is 36.4 Å². The van der Waals surface area contributed by atoms with E-state index in [1.165, 1.54) is 6.20 Å². The summed E-state index contributed by atoms with van der Waals surface area (Å²) in [6.45, 7) is 3.46. The van der Waals surface area contributed by atoms with Crippen molar-refractivity contribution < 1.29 is 14.6 Å². The third kappa shape index (κ3) is 3.84. The fourth-order valence-corrected chi connectivity index (χ4v) is 6.61. The number of pyridine rings is 1. The summed E-state index contributed by atoms with van der Waals surface area (Å²) in [5, 5.41) is 27.1. The quantitative estimate of drug-likeness (QED) is 0.486. The van der Waals surface area contributed by atoms with Crippen molar-refractivity contribution in [1.82, 2.24) is 24.9 Å². The molecule has 4 atom stereocenters. The van der Waals surface area contributed by atoms with E-state index in [1.807, 2.05) is 6.07 Å². The first kappa shape index (κ1) is 22.7. The maximum Gasteiger partial charge on any atom is 0.207 e. The maximum absolute atomic E-state index is 11.3. The lowest BCUT2D eigenvalue weighted by atomic mass is 9.59. The van der Waals surface area contributed by atoms with Gasteiger partial charge in [0.2, 0.25) is 6.41 Å². The molecule has 3 aromatic heterocycles. The fourth-order valence-electron chi connectivity index (χ4n) is 6.61. The zero-order valence-electron chi connectivity index (χ0n) is 20.4. The predicted octanol–water partition coefficient (Wildman–Crippen LogP) is 2.45. The van der Waals surface area contributed by atoms with Crippen molar-refractivity contribution in [3.63, 3.8) is 0 Å². The molecule has 4 bridgehead atoms. The smallest absolute Gasteiger partial charge is 0.207 e. The van der Waals surface area contributed by atoms with Gasteiger partial charge in [0, 0.05) is 23.2 Å². The molecule has 7 rings (SSSR count). The van der Waals surface area contributed by atoms with Crippen LogP contribution in [-0.4, -0.2) is 60.9 Å². The van der Waals surface area contributed by atoms with Gasteiger partial charge in [-0.3, -0.25) is 9.78 Å². The van der Waals surface area contributed by atoms with Gasteiger partial charge >= 0.3 is 0 Å². The molecule has 4 aliphatic rings. The van der Waals surface area contributed by atoms with Gasteiger partial charge in [-0.2, -0.15) is 10.4 Å². The summed E-state index contributed by atoms with van der Waals surface area (Å²) in [6, 6.07) is 4.69. The highest BCUT2D eigenvalue weighted by Crippen LogP contribution is 2.52. The molecule has 2 aliphatic heterocycles. The van der Waals surface area contributed by atoms with Crippen LogP contribution >= 0.6 is 0 Å². The summed E-state index contributed by atoms with van der Waals surface area (Å²) >= 11 is 0. The van der Waals surface area contributed by atoms with Crippen LogP contribution in [0.15, 0.2) is 30.9 Å². The molecule has 10 nitrogen and oxygen atoms in total. The van der Waals surface area contributed by atoms with Crippen molar-refractivity contribution in [2.75, 3.05) is 11.5 Å². The molecule has 186 valence electrons. The maximum atomic E-state index is 11.3. The number of nitrogens with one attached hydrogen (secondary N) is 1. The summed E-state index contributed by atoms with van der Waals surface area (Å²) in [4.78, 5) is 23.2. The van der Waals surface area contributed by atoms with Crippen LogP contribution in [0.1, 0.15) is 51.5 Å². The minimum absolute atomic E-state index is 0.0764. The highest BCUT2D eigenvalue weighted by Gasteiger charge is 2.54. The minimum atomic E-state index is -0.995. The van der Waals surface area contributed by atoms with Gasteiger partial charge in [-0.05, 0) is 57.9 Å². The van der Waals surface area contributed by atoms with Gasteiger partial charge in [0.25, 0.3) is 0 Å². The van der Waals surface area contributed by atoms with Crippen LogP contribution in [0.2, 0.25) is 0 Å². The van der Waals surface area contributed by atoms with Crippen LogP contribution in [0, 0.1) is 17.2 Å². The van der Waals surface area contributed by atoms with Gasteiger partial charge in [0.15, 0.2) is 0 Å². The van der Waals surface area contributed by atoms with E-state index in [-0.39, 0.29) is 12.1 Å². The number of carbonyl (C=O) groups is 1. The summed E-state index contributed by atoms with van der Waals surface area (Å²) < 4.78 is 7.42. The standard InChI is InChI=1S/C26H29N7O3/c1-25(2,35)14-36-20-5-21(24-17(9-27)10-31-32(24)13-20)22-11-29-23(12-28-22)33-18-3-16-4-19(33)8-26(6-16,7-18)30-15-34/h5,10-13,15-16,18-19,35H,3-4,6-8,14H2,1-2H3,(H,30,34)/t16?,18-,19+,26?. The number of carbonyl (C=O) groups excluding carboxylic acids is 1. The number of nitriles is 1. The van der Waals surface area contributed by atoms with Crippen molar-refractivity contribution in [2.24, 2.45) is 5.92 Å². The van der Waals surface area contributed by atoms with Gasteiger partial charge in [-0.15, -0.1) is 0 Å². The van der Waals surface area contributed by atoms with Crippen molar-refractivity contribution in [1.29, 1.82) is 5.26 Å². The Hall–Kier alpha value is -3.71. The van der Waals surface area contributed by atoms with E-state index in [9.17, 15) is 15.2 Å². The van der Waals surface area contributed by atoms with E-state index in [2.05, 4.69) is 21.4 Å². The third-order valence-corrected chi connectivity index (χ3v) is 7.77. The molecule has 0 radical (unpaired) electrons. The summed E-state index contributed by atoms with van der Waals surface area (Å²) in [6.07, 6.45) is 12.8. The lowest BCUT2D eigenvalue weighted by Gasteiger charge is -2.61. The molecular weight excluding hydrogens is 458 g/mol. The van der Waals surface area contributed by atoms with E-state index >= 15 is 0 Å². The normalized spacial score (nSPS) is 26.7. The van der Waals surface area contributed by atoms with Crippen LogP contribution < -0.4 is 15.0 Å². The lowest BCUT2D eigenvalue weighted by Crippen LogP contribution is -2.68. The van der Waals surface area contributed by atoms with E-state index < -0.39 is 5.60 Å². The average Bonchev–Trinajstić information content (AvgIpc) is 3.25. The number of ether oxygens (including phenoxy) is 1. The summed E-state index contributed by atoms with van der Waals surface area (Å²) in [5.41, 5.74) is 1.29. The van der Waals surface area contributed by atoms with Gasteiger partial charge in [-0.1, -0.05) is 0 Å². The molecule has 1 amide bonds. The molecule has 10 heteroatoms. The first-order chi connectivity index (χ1) is 17.3. The number of hydrogen-bond donors (Lipinski definition) is 2. The Balaban J connectivity index is 1.33. The highest BCUT2D eigenvalue weighted by atomic mass is 16.5. The predicted molar refractivity (Wildman–Crippen MR) is 131 cm³/mol. The Labute approximate surface area is 208 Å². The first-order valence-corrected chi connectivity index (χ1v) is 12.4. The number of aromatic nitrogens is 4. The molecule has 2 saturated carbocycles. The Morgan fingerprint density at radius 3 is 2.67 bits per heavy atom. The van der Waals surface area contributed by atoms with Crippen LogP contribution in [0.25, 0.3) is 16.8 Å². The van der Waals surface area contributed by atoms with Crippen molar-refractivity contribution in [3.8, 4) is 23.1 Å². The number of amides is 1. The van der Waals surface area contributed by atoms with Gasteiger partial charge in [-0.25, -0.2) is 9.50 Å². The van der Waals surface area contributed by atoms with Crippen molar-refractivity contribution in [2.45, 2.75) is 69.2 Å². The molecule has 2 aliphatic carbocycles. The first-order valence-electron chi connectivity index (χ1n) is 12.4. The Morgan fingerprint density at radius 2 is 2.03 bits per heavy atom. The fraction of sp³-hybridized carbons (Fsp3) is 0.500. The molecule has 3 aromatic rings. The molecule has 0 spiro atoms. The zero-order valence-corrected chi connectivity index (χ0v) is 20.4. The number of fused-ring (bicyclic) bond motifs is 1. The Kier molecular flexibility index (Phi) is 5.16.